The van der Waals surface area contributed by atoms with Crippen LogP contribution in [0.25, 0.3) is 0 Å². The van der Waals surface area contributed by atoms with E-state index in [1.807, 2.05) is 24.3 Å². The first kappa shape index (κ1) is 18.3. The van der Waals surface area contributed by atoms with Crippen LogP contribution in [0.4, 0.5) is 0 Å². The molecule has 0 N–H and O–H groups in total. The van der Waals surface area contributed by atoms with Gasteiger partial charge in [0, 0.05) is 16.5 Å². The third-order valence-corrected chi connectivity index (χ3v) is 7.26. The number of carbonyl (C=O) groups excluding carboxylic acids is 1. The lowest BCUT2D eigenvalue weighted by atomic mass is 9.99. The largest absolute Gasteiger partial charge is 0.288 e. The van der Waals surface area contributed by atoms with E-state index in [1.165, 1.54) is 42.8 Å². The molecule has 0 spiro atoms. The fourth-order valence-corrected chi connectivity index (χ4v) is 5.31. The van der Waals surface area contributed by atoms with Crippen molar-refractivity contribution < 1.29 is 4.79 Å². The van der Waals surface area contributed by atoms with Gasteiger partial charge in [0.05, 0.1) is 0 Å². The number of unbranched alkanes of at least 4 members (excludes halogenated alkanes) is 2. The highest BCUT2D eigenvalue weighted by atomic mass is 32.2. The molecule has 118 valence electrons. The number of carbonyl (C=O) groups is 1. The van der Waals surface area contributed by atoms with Gasteiger partial charge < -0.3 is 0 Å². The van der Waals surface area contributed by atoms with Crippen molar-refractivity contribution >= 4 is 16.7 Å². The van der Waals surface area contributed by atoms with Crippen molar-refractivity contribution in [2.45, 2.75) is 65.0 Å². The van der Waals surface area contributed by atoms with Crippen LogP contribution in [0.3, 0.4) is 0 Å². The number of hydrogen-bond acceptors (Lipinski definition) is 1. The minimum Gasteiger partial charge on any atom is -0.288 e. The average molecular weight is 308 g/mol. The molecule has 0 heterocycles. The number of benzene rings is 1. The maximum Gasteiger partial charge on any atom is 0.217 e. The quantitative estimate of drug-likeness (QED) is 0.454. The van der Waals surface area contributed by atoms with E-state index < -0.39 is 0 Å². The summed E-state index contributed by atoms with van der Waals surface area (Å²) in [5.74, 6) is 2.71. The van der Waals surface area contributed by atoms with Crippen LogP contribution in [0.1, 0.15) is 69.3 Å². The van der Waals surface area contributed by atoms with Crippen LogP contribution >= 0.6 is 0 Å². The highest BCUT2D eigenvalue weighted by Crippen LogP contribution is 2.27. The predicted molar refractivity (Wildman–Crippen MR) is 96.5 cm³/mol. The van der Waals surface area contributed by atoms with Gasteiger partial charge in [0.1, 0.15) is 11.5 Å². The topological polar surface area (TPSA) is 17.1 Å². The Morgan fingerprint density at radius 3 is 1.90 bits per heavy atom. The van der Waals surface area contributed by atoms with Gasteiger partial charge in [-0.3, -0.25) is 4.79 Å². The van der Waals surface area contributed by atoms with Crippen LogP contribution in [0, 0.1) is 6.92 Å². The molecule has 21 heavy (non-hydrogen) atoms. The summed E-state index contributed by atoms with van der Waals surface area (Å²) in [6, 6.07) is 8.06. The molecule has 0 radical (unpaired) electrons. The Bertz CT molecular complexity index is 425. The number of aryl methyl sites for hydroxylation is 1. The fourth-order valence-electron chi connectivity index (χ4n) is 2.43. The van der Waals surface area contributed by atoms with E-state index in [0.717, 1.165) is 5.56 Å². The van der Waals surface area contributed by atoms with Gasteiger partial charge in [-0.25, -0.2) is 0 Å². The zero-order valence-corrected chi connectivity index (χ0v) is 15.2. The lowest BCUT2D eigenvalue weighted by Crippen LogP contribution is -2.43. The molecule has 0 aliphatic heterocycles. The van der Waals surface area contributed by atoms with Crippen molar-refractivity contribution in [3.63, 3.8) is 0 Å². The van der Waals surface area contributed by atoms with E-state index in [-0.39, 0.29) is 15.6 Å². The third-order valence-electron chi connectivity index (χ3n) is 4.07. The van der Waals surface area contributed by atoms with Crippen molar-refractivity contribution in [3.8, 4) is 0 Å². The molecule has 0 unspecified atom stereocenters. The molecular formula is C19H31OS+. The molecule has 0 aliphatic carbocycles. The monoisotopic (exact) mass is 307 g/mol. The maximum atomic E-state index is 13.0. The molecule has 0 saturated heterocycles. The number of hydrogen-bond donors (Lipinski definition) is 0. The van der Waals surface area contributed by atoms with Gasteiger partial charge in [0.2, 0.25) is 5.78 Å². The van der Waals surface area contributed by atoms with Gasteiger partial charge in [-0.1, -0.05) is 56.5 Å². The number of Topliss-reactive ketones (excluding diaryl/α,β-unsaturated/α-hetero) is 1. The van der Waals surface area contributed by atoms with Crippen LogP contribution in [-0.2, 0) is 10.9 Å². The zero-order valence-electron chi connectivity index (χ0n) is 14.4. The lowest BCUT2D eigenvalue weighted by Gasteiger charge is -2.25. The highest BCUT2D eigenvalue weighted by Gasteiger charge is 2.44. The third kappa shape index (κ3) is 5.18. The van der Waals surface area contributed by atoms with Gasteiger partial charge in [-0.15, -0.1) is 0 Å². The second kappa shape index (κ2) is 8.63. The Kier molecular flexibility index (Phi) is 7.51. The van der Waals surface area contributed by atoms with Crippen molar-refractivity contribution in [2.75, 3.05) is 11.5 Å². The molecule has 2 heteroatoms. The predicted octanol–water partition coefficient (Wildman–Crippen LogP) is 5.17. The smallest absolute Gasteiger partial charge is 0.217 e. The van der Waals surface area contributed by atoms with Crippen LogP contribution in [0.2, 0.25) is 0 Å². The van der Waals surface area contributed by atoms with Crippen LogP contribution < -0.4 is 0 Å². The normalized spacial score (nSPS) is 11.9. The second-order valence-corrected chi connectivity index (χ2v) is 9.14. The van der Waals surface area contributed by atoms with Gasteiger partial charge >= 0.3 is 0 Å². The molecule has 0 bridgehead atoms. The summed E-state index contributed by atoms with van der Waals surface area (Å²) in [6.07, 6.45) is 4.89. The van der Waals surface area contributed by atoms with E-state index in [1.54, 1.807) is 0 Å². The Labute approximate surface area is 133 Å². The minimum atomic E-state index is -0.237. The van der Waals surface area contributed by atoms with Crippen molar-refractivity contribution in [1.82, 2.24) is 0 Å². The Morgan fingerprint density at radius 1 is 1.00 bits per heavy atom. The summed E-state index contributed by atoms with van der Waals surface area (Å²) in [5.41, 5.74) is 2.08. The number of ketones is 1. The molecule has 0 saturated carbocycles. The molecular weight excluding hydrogens is 276 g/mol. The Balaban J connectivity index is 2.91. The van der Waals surface area contributed by atoms with E-state index >= 15 is 0 Å². The Hall–Kier alpha value is -0.760. The second-order valence-electron chi connectivity index (χ2n) is 6.31. The lowest BCUT2D eigenvalue weighted by molar-refractivity contribution is 0.0956. The summed E-state index contributed by atoms with van der Waals surface area (Å²) in [5, 5.41) is 0. The molecule has 1 aromatic carbocycles. The van der Waals surface area contributed by atoms with E-state index in [2.05, 4.69) is 34.6 Å². The van der Waals surface area contributed by atoms with Gasteiger partial charge in [-0.05, 0) is 33.6 Å². The van der Waals surface area contributed by atoms with Crippen LogP contribution in [0.5, 0.6) is 0 Å². The van der Waals surface area contributed by atoms with Crippen molar-refractivity contribution in [1.29, 1.82) is 0 Å². The number of rotatable bonds is 9. The van der Waals surface area contributed by atoms with Gasteiger partial charge in [-0.2, -0.15) is 0 Å². The van der Waals surface area contributed by atoms with Crippen LogP contribution in [-0.4, -0.2) is 22.0 Å². The van der Waals surface area contributed by atoms with Crippen molar-refractivity contribution in [3.05, 3.63) is 35.4 Å². The Morgan fingerprint density at radius 2 is 1.48 bits per heavy atom. The molecule has 0 aromatic heterocycles. The first-order valence-electron chi connectivity index (χ1n) is 8.22. The fraction of sp³-hybridized carbons (Fsp3) is 0.632. The maximum absolute atomic E-state index is 13.0. The minimum absolute atomic E-state index is 0.180. The standard InChI is InChI=1S/C19H31OS/c1-6-8-14-21(15-9-7-2)19(4,5)18(20)17-12-10-16(3)11-13-17/h10-13H,6-9,14-15H2,1-5H3/q+1. The zero-order chi connectivity index (χ0) is 15.9. The molecule has 0 fully saturated rings. The summed E-state index contributed by atoms with van der Waals surface area (Å²) >= 11 is 0. The molecule has 1 nitrogen and oxygen atoms in total. The van der Waals surface area contributed by atoms with E-state index in [9.17, 15) is 4.79 Å². The first-order chi connectivity index (χ1) is 9.93. The van der Waals surface area contributed by atoms with Crippen molar-refractivity contribution in [2.24, 2.45) is 0 Å². The summed E-state index contributed by atoms with van der Waals surface area (Å²) in [7, 11) is 0.180. The molecule has 0 amide bonds. The van der Waals surface area contributed by atoms with Gasteiger partial charge in [0.25, 0.3) is 0 Å². The summed E-state index contributed by atoms with van der Waals surface area (Å²) in [4.78, 5) is 13.0. The van der Waals surface area contributed by atoms with E-state index in [0.29, 0.717) is 5.78 Å². The first-order valence-corrected chi connectivity index (χ1v) is 9.78. The summed E-state index contributed by atoms with van der Waals surface area (Å²) in [6.45, 7) is 10.8. The molecule has 1 aromatic rings. The summed E-state index contributed by atoms with van der Waals surface area (Å²) < 4.78 is -0.237. The van der Waals surface area contributed by atoms with E-state index in [4.69, 9.17) is 0 Å². The van der Waals surface area contributed by atoms with Gasteiger partial charge in [0.15, 0.2) is 4.75 Å². The highest BCUT2D eigenvalue weighted by molar-refractivity contribution is 7.98. The molecule has 1 rings (SSSR count). The van der Waals surface area contributed by atoms with Crippen LogP contribution in [0.15, 0.2) is 24.3 Å². The molecule has 0 atom stereocenters. The average Bonchev–Trinajstić information content (AvgIpc) is 2.47. The molecule has 0 aliphatic rings. The SMILES string of the molecule is CCCC[S+](CCCC)C(C)(C)C(=O)c1ccc(C)cc1.